The summed E-state index contributed by atoms with van der Waals surface area (Å²) in [5.41, 5.74) is 8.08. The Balaban J connectivity index is 1.72. The summed E-state index contributed by atoms with van der Waals surface area (Å²) in [4.78, 5) is 9.01. The van der Waals surface area contributed by atoms with Crippen LogP contribution in [0.2, 0.25) is 0 Å². The molecular weight excluding hydrogens is 276 g/mol. The number of nitrogens with two attached hydrogens (primary N) is 1. The van der Waals surface area contributed by atoms with Crippen molar-refractivity contribution >= 4 is 17.0 Å². The Morgan fingerprint density at radius 1 is 1.19 bits per heavy atom. The number of anilines is 1. The minimum Gasteiger partial charge on any atom is -0.380 e. The summed E-state index contributed by atoms with van der Waals surface area (Å²) < 4.78 is 28.3. The van der Waals surface area contributed by atoms with Crippen LogP contribution in [0.4, 0.5) is 14.6 Å². The molecule has 0 radical (unpaired) electrons. The maximum absolute atomic E-state index is 13.3. The van der Waals surface area contributed by atoms with Crippen molar-refractivity contribution in [1.29, 1.82) is 0 Å². The fraction of sp³-hybridized carbons (Fsp3) is 0.643. The molecule has 2 N–H and O–H groups in total. The van der Waals surface area contributed by atoms with Crippen molar-refractivity contribution in [3.05, 3.63) is 11.9 Å². The molecular formula is C14H17F2N5. The molecule has 112 valence electrons. The van der Waals surface area contributed by atoms with Crippen LogP contribution in [0, 0.1) is 0 Å². The van der Waals surface area contributed by atoms with Crippen molar-refractivity contribution in [2.24, 2.45) is 0 Å². The van der Waals surface area contributed by atoms with E-state index in [1.807, 2.05) is 0 Å². The number of halogens is 2. The molecule has 4 rings (SSSR count). The van der Waals surface area contributed by atoms with Crippen LogP contribution in [0.3, 0.4) is 0 Å². The van der Waals surface area contributed by atoms with Crippen LogP contribution in [0.1, 0.15) is 56.2 Å². The molecule has 0 aliphatic heterocycles. The summed E-state index contributed by atoms with van der Waals surface area (Å²) in [5.74, 6) is -1.73. The monoisotopic (exact) mass is 293 g/mol. The zero-order chi connectivity index (χ0) is 14.6. The van der Waals surface area contributed by atoms with Gasteiger partial charge < -0.3 is 5.73 Å². The number of nitrogens with zero attached hydrogens (tertiary/aromatic N) is 4. The number of alkyl halides is 2. The first-order chi connectivity index (χ1) is 10.0. The third-order valence-corrected chi connectivity index (χ3v) is 4.48. The average Bonchev–Trinajstić information content (AvgIpc) is 3.25. The fourth-order valence-electron chi connectivity index (χ4n) is 3.04. The molecule has 2 aliphatic carbocycles. The highest BCUT2D eigenvalue weighted by Crippen LogP contribution is 2.41. The molecule has 2 aromatic rings. The Bertz CT molecular complexity index is 682. The van der Waals surface area contributed by atoms with E-state index in [2.05, 4.69) is 15.1 Å². The molecule has 5 nitrogen and oxygen atoms in total. The first kappa shape index (κ1) is 12.9. The van der Waals surface area contributed by atoms with Crippen LogP contribution < -0.4 is 5.73 Å². The van der Waals surface area contributed by atoms with Gasteiger partial charge in [-0.25, -0.2) is 23.4 Å². The van der Waals surface area contributed by atoms with E-state index in [4.69, 9.17) is 5.73 Å². The number of rotatable bonds is 2. The average molecular weight is 293 g/mol. The van der Waals surface area contributed by atoms with E-state index >= 15 is 0 Å². The molecule has 0 aromatic carbocycles. The zero-order valence-corrected chi connectivity index (χ0v) is 11.6. The predicted molar refractivity (Wildman–Crippen MR) is 74.2 cm³/mol. The van der Waals surface area contributed by atoms with E-state index in [9.17, 15) is 8.78 Å². The quantitative estimate of drug-likeness (QED) is 0.924. The molecule has 0 spiro atoms. The maximum atomic E-state index is 13.3. The van der Waals surface area contributed by atoms with E-state index in [1.165, 1.54) is 0 Å². The highest BCUT2D eigenvalue weighted by molar-refractivity contribution is 5.82. The van der Waals surface area contributed by atoms with Crippen LogP contribution in [-0.4, -0.2) is 25.7 Å². The predicted octanol–water partition coefficient (Wildman–Crippen LogP) is 3.04. The van der Waals surface area contributed by atoms with Gasteiger partial charge in [-0.1, -0.05) is 0 Å². The van der Waals surface area contributed by atoms with Gasteiger partial charge in [-0.2, -0.15) is 5.10 Å². The summed E-state index contributed by atoms with van der Waals surface area (Å²) in [6.07, 6.45) is 4.64. The van der Waals surface area contributed by atoms with Crippen LogP contribution in [0.15, 0.2) is 6.20 Å². The lowest BCUT2D eigenvalue weighted by Crippen LogP contribution is -2.27. The molecule has 0 bridgehead atoms. The van der Waals surface area contributed by atoms with Gasteiger partial charge in [-0.15, -0.1) is 0 Å². The second-order valence-corrected chi connectivity index (χ2v) is 6.16. The van der Waals surface area contributed by atoms with Gasteiger partial charge in [0.25, 0.3) is 0 Å². The Labute approximate surface area is 120 Å². The van der Waals surface area contributed by atoms with Crippen LogP contribution >= 0.6 is 0 Å². The summed E-state index contributed by atoms with van der Waals surface area (Å²) in [5, 5.41) is 4.31. The SMILES string of the molecule is Nc1nn(C2CCC(F)(F)CC2)c2nc(C3CC3)cnc12. The fourth-order valence-corrected chi connectivity index (χ4v) is 3.04. The summed E-state index contributed by atoms with van der Waals surface area (Å²) >= 11 is 0. The highest BCUT2D eigenvalue weighted by Gasteiger charge is 2.37. The second kappa shape index (κ2) is 4.35. The second-order valence-electron chi connectivity index (χ2n) is 6.16. The number of nitrogen functional groups attached to an aromatic ring is 1. The first-order valence-electron chi connectivity index (χ1n) is 7.42. The Kier molecular flexibility index (Phi) is 2.68. The van der Waals surface area contributed by atoms with Gasteiger partial charge in [0.15, 0.2) is 17.0 Å². The number of fused-ring (bicyclic) bond motifs is 1. The smallest absolute Gasteiger partial charge is 0.248 e. The summed E-state index contributed by atoms with van der Waals surface area (Å²) in [6.45, 7) is 0. The lowest BCUT2D eigenvalue weighted by molar-refractivity contribution is -0.0446. The number of hydrogen-bond donors (Lipinski definition) is 1. The minimum atomic E-state index is -2.55. The number of hydrogen-bond acceptors (Lipinski definition) is 4. The zero-order valence-electron chi connectivity index (χ0n) is 11.6. The molecule has 2 fully saturated rings. The van der Waals surface area contributed by atoms with Gasteiger partial charge in [0, 0.05) is 25.0 Å². The van der Waals surface area contributed by atoms with Gasteiger partial charge in [0.1, 0.15) is 0 Å². The minimum absolute atomic E-state index is 0.0619. The van der Waals surface area contributed by atoms with Crippen molar-refractivity contribution in [3.8, 4) is 0 Å². The lowest BCUT2D eigenvalue weighted by Gasteiger charge is -2.28. The molecule has 0 atom stereocenters. The molecule has 2 heterocycles. The van der Waals surface area contributed by atoms with Crippen molar-refractivity contribution in [2.45, 2.75) is 56.4 Å². The van der Waals surface area contributed by atoms with E-state index < -0.39 is 5.92 Å². The largest absolute Gasteiger partial charge is 0.380 e. The molecule has 0 saturated heterocycles. The normalized spacial score (nSPS) is 22.8. The lowest BCUT2D eigenvalue weighted by atomic mass is 9.92. The van der Waals surface area contributed by atoms with Crippen molar-refractivity contribution in [2.75, 3.05) is 5.73 Å². The van der Waals surface area contributed by atoms with Gasteiger partial charge >= 0.3 is 0 Å². The van der Waals surface area contributed by atoms with E-state index in [0.29, 0.717) is 35.7 Å². The highest BCUT2D eigenvalue weighted by atomic mass is 19.3. The molecule has 0 unspecified atom stereocenters. The molecule has 7 heteroatoms. The summed E-state index contributed by atoms with van der Waals surface area (Å²) in [6, 6.07) is -0.0619. The van der Waals surface area contributed by atoms with Crippen LogP contribution in [-0.2, 0) is 0 Å². The van der Waals surface area contributed by atoms with Crippen molar-refractivity contribution < 1.29 is 8.78 Å². The third-order valence-electron chi connectivity index (χ3n) is 4.48. The molecule has 2 aliphatic rings. The maximum Gasteiger partial charge on any atom is 0.248 e. The van der Waals surface area contributed by atoms with Gasteiger partial charge in [-0.3, -0.25) is 0 Å². The van der Waals surface area contributed by atoms with Gasteiger partial charge in [0.2, 0.25) is 5.92 Å². The van der Waals surface area contributed by atoms with Gasteiger partial charge in [0.05, 0.1) is 11.7 Å². The van der Waals surface area contributed by atoms with E-state index in [0.717, 1.165) is 18.5 Å². The van der Waals surface area contributed by atoms with Crippen molar-refractivity contribution in [3.63, 3.8) is 0 Å². The summed E-state index contributed by atoms with van der Waals surface area (Å²) in [7, 11) is 0. The number of aromatic nitrogens is 4. The standard InChI is InChI=1S/C14H17F2N5/c15-14(16)5-3-9(4-6-14)21-13-11(12(17)20-21)18-7-10(19-13)8-1-2-8/h7-9H,1-6H2,(H2,17,20). The van der Waals surface area contributed by atoms with Crippen LogP contribution in [0.5, 0.6) is 0 Å². The van der Waals surface area contributed by atoms with E-state index in [-0.39, 0.29) is 18.9 Å². The molecule has 2 saturated carbocycles. The Morgan fingerprint density at radius 2 is 1.90 bits per heavy atom. The Hall–Kier alpha value is -1.79. The third kappa shape index (κ3) is 2.24. The molecule has 0 amide bonds. The molecule has 2 aromatic heterocycles. The Morgan fingerprint density at radius 3 is 2.57 bits per heavy atom. The van der Waals surface area contributed by atoms with Crippen LogP contribution in [0.25, 0.3) is 11.2 Å². The van der Waals surface area contributed by atoms with Crippen molar-refractivity contribution in [1.82, 2.24) is 19.7 Å². The topological polar surface area (TPSA) is 69.6 Å². The van der Waals surface area contributed by atoms with Gasteiger partial charge in [-0.05, 0) is 25.7 Å². The van der Waals surface area contributed by atoms with E-state index in [1.54, 1.807) is 10.9 Å². The molecule has 21 heavy (non-hydrogen) atoms. The first-order valence-corrected chi connectivity index (χ1v) is 7.42.